The third kappa shape index (κ3) is 3.48. The molecule has 0 aliphatic rings. The molecule has 23 heavy (non-hydrogen) atoms. The number of ketones is 1. The predicted octanol–water partition coefficient (Wildman–Crippen LogP) is 3.79. The summed E-state index contributed by atoms with van der Waals surface area (Å²) < 4.78 is 0. The van der Waals surface area contributed by atoms with Crippen LogP contribution in [0.5, 0.6) is 0 Å². The summed E-state index contributed by atoms with van der Waals surface area (Å²) in [6, 6.07) is 9.41. The van der Waals surface area contributed by atoms with E-state index in [1.165, 1.54) is 11.3 Å². The topological polar surface area (TPSA) is 74.8 Å². The van der Waals surface area contributed by atoms with Gasteiger partial charge in [-0.2, -0.15) is 0 Å². The first-order valence-electron chi connectivity index (χ1n) is 7.51. The van der Waals surface area contributed by atoms with Gasteiger partial charge in [0.1, 0.15) is 10.8 Å². The highest BCUT2D eigenvalue weighted by molar-refractivity contribution is 7.14. The SMILES string of the molecule is CCCC(=O)c1ccsc1NC(=O)Cc1nc2ccccc2[nH]1. The summed E-state index contributed by atoms with van der Waals surface area (Å²) in [6.45, 7) is 1.96. The summed E-state index contributed by atoms with van der Waals surface area (Å²) in [5.74, 6) is 0.492. The molecule has 0 fully saturated rings. The number of para-hydroxylation sites is 2. The van der Waals surface area contributed by atoms with Crippen LogP contribution < -0.4 is 5.32 Å². The number of anilines is 1. The first-order chi connectivity index (χ1) is 11.2. The number of amides is 1. The predicted molar refractivity (Wildman–Crippen MR) is 92.0 cm³/mol. The van der Waals surface area contributed by atoms with Crippen molar-refractivity contribution in [2.24, 2.45) is 0 Å². The molecule has 5 nitrogen and oxygen atoms in total. The number of hydrogen-bond acceptors (Lipinski definition) is 4. The Morgan fingerprint density at radius 3 is 2.87 bits per heavy atom. The number of carbonyl (C=O) groups excluding carboxylic acids is 2. The quantitative estimate of drug-likeness (QED) is 0.676. The molecule has 1 amide bonds. The number of benzene rings is 1. The number of nitrogens with zero attached hydrogens (tertiary/aromatic N) is 1. The summed E-state index contributed by atoms with van der Waals surface area (Å²) in [5.41, 5.74) is 2.34. The number of imidazole rings is 1. The van der Waals surface area contributed by atoms with Gasteiger partial charge in [-0.25, -0.2) is 4.98 Å². The Bertz CT molecular complexity index is 817. The molecule has 2 heterocycles. The molecule has 1 aromatic carbocycles. The molecule has 3 aromatic rings. The standard InChI is InChI=1S/C17H17N3O2S/c1-2-5-14(21)11-8-9-23-17(11)20-16(22)10-15-18-12-6-3-4-7-13(12)19-15/h3-4,6-9H,2,5,10H2,1H3,(H,18,19)(H,20,22). The highest BCUT2D eigenvalue weighted by Crippen LogP contribution is 2.25. The van der Waals surface area contributed by atoms with E-state index < -0.39 is 0 Å². The number of carbonyl (C=O) groups is 2. The maximum atomic E-state index is 12.2. The third-order valence-electron chi connectivity index (χ3n) is 3.46. The van der Waals surface area contributed by atoms with E-state index in [4.69, 9.17) is 0 Å². The first-order valence-corrected chi connectivity index (χ1v) is 8.39. The molecule has 0 atom stereocenters. The molecule has 0 aliphatic carbocycles. The van der Waals surface area contributed by atoms with Crippen molar-refractivity contribution < 1.29 is 9.59 Å². The average Bonchev–Trinajstić information content (AvgIpc) is 3.13. The summed E-state index contributed by atoms with van der Waals surface area (Å²) in [7, 11) is 0. The normalized spacial score (nSPS) is 10.8. The Morgan fingerprint density at radius 1 is 1.26 bits per heavy atom. The molecule has 118 valence electrons. The highest BCUT2D eigenvalue weighted by Gasteiger charge is 2.15. The van der Waals surface area contributed by atoms with Gasteiger partial charge in [0.2, 0.25) is 5.91 Å². The Labute approximate surface area is 137 Å². The van der Waals surface area contributed by atoms with Crippen LogP contribution in [0.15, 0.2) is 35.7 Å². The lowest BCUT2D eigenvalue weighted by Crippen LogP contribution is -2.16. The maximum absolute atomic E-state index is 12.2. The molecule has 6 heteroatoms. The van der Waals surface area contributed by atoms with Gasteiger partial charge in [0.15, 0.2) is 5.78 Å². The van der Waals surface area contributed by atoms with E-state index in [1.54, 1.807) is 6.07 Å². The van der Waals surface area contributed by atoms with Crippen molar-refractivity contribution >= 4 is 39.1 Å². The van der Waals surface area contributed by atoms with Crippen molar-refractivity contribution in [1.29, 1.82) is 0 Å². The van der Waals surface area contributed by atoms with Gasteiger partial charge in [-0.1, -0.05) is 19.1 Å². The molecular weight excluding hydrogens is 310 g/mol. The van der Waals surface area contributed by atoms with Gasteiger partial charge in [-0.05, 0) is 30.0 Å². The van der Waals surface area contributed by atoms with E-state index in [0.717, 1.165) is 17.5 Å². The summed E-state index contributed by atoms with van der Waals surface area (Å²) in [5, 5.41) is 5.26. The van der Waals surface area contributed by atoms with Crippen molar-refractivity contribution in [2.45, 2.75) is 26.2 Å². The van der Waals surface area contributed by atoms with Gasteiger partial charge in [0, 0.05) is 6.42 Å². The second-order valence-corrected chi connectivity index (χ2v) is 6.18. The van der Waals surface area contributed by atoms with E-state index in [1.807, 2.05) is 36.6 Å². The zero-order valence-electron chi connectivity index (χ0n) is 12.8. The maximum Gasteiger partial charge on any atom is 0.232 e. The molecule has 0 bridgehead atoms. The largest absolute Gasteiger partial charge is 0.342 e. The van der Waals surface area contributed by atoms with Crippen LogP contribution in [0.3, 0.4) is 0 Å². The molecule has 3 rings (SSSR count). The highest BCUT2D eigenvalue weighted by atomic mass is 32.1. The summed E-state index contributed by atoms with van der Waals surface area (Å²) >= 11 is 1.36. The van der Waals surface area contributed by atoms with Gasteiger partial charge in [-0.15, -0.1) is 11.3 Å². The first kappa shape index (κ1) is 15.4. The lowest BCUT2D eigenvalue weighted by atomic mass is 10.1. The van der Waals surface area contributed by atoms with Crippen LogP contribution >= 0.6 is 11.3 Å². The number of fused-ring (bicyclic) bond motifs is 1. The number of aromatic amines is 1. The van der Waals surface area contributed by atoms with Crippen LogP contribution in [0.25, 0.3) is 11.0 Å². The molecule has 2 N–H and O–H groups in total. The van der Waals surface area contributed by atoms with E-state index >= 15 is 0 Å². The Balaban J connectivity index is 1.70. The molecular formula is C17H17N3O2S. The van der Waals surface area contributed by atoms with E-state index in [9.17, 15) is 9.59 Å². The van der Waals surface area contributed by atoms with Gasteiger partial charge in [-0.3, -0.25) is 9.59 Å². The Kier molecular flexibility index (Phi) is 4.52. The fourth-order valence-electron chi connectivity index (χ4n) is 2.40. The van der Waals surface area contributed by atoms with Crippen LogP contribution in [0.2, 0.25) is 0 Å². The lowest BCUT2D eigenvalue weighted by Gasteiger charge is -2.04. The lowest BCUT2D eigenvalue weighted by molar-refractivity contribution is -0.115. The number of thiophene rings is 1. The number of aromatic nitrogens is 2. The summed E-state index contributed by atoms with van der Waals surface area (Å²) in [4.78, 5) is 31.8. The molecule has 0 saturated carbocycles. The van der Waals surface area contributed by atoms with Crippen molar-refractivity contribution in [3.8, 4) is 0 Å². The smallest absolute Gasteiger partial charge is 0.232 e. The molecule has 0 saturated heterocycles. The number of H-pyrrole nitrogens is 1. The average molecular weight is 327 g/mol. The minimum Gasteiger partial charge on any atom is -0.342 e. The fourth-order valence-corrected chi connectivity index (χ4v) is 3.22. The van der Waals surface area contributed by atoms with Gasteiger partial charge in [0.25, 0.3) is 0 Å². The zero-order chi connectivity index (χ0) is 16.2. The molecule has 0 radical (unpaired) electrons. The Morgan fingerprint density at radius 2 is 2.09 bits per heavy atom. The van der Waals surface area contributed by atoms with E-state index in [2.05, 4.69) is 15.3 Å². The number of rotatable bonds is 6. The van der Waals surface area contributed by atoms with Crippen LogP contribution in [0.1, 0.15) is 35.9 Å². The van der Waals surface area contributed by atoms with Crippen LogP contribution in [0, 0.1) is 0 Å². The number of nitrogens with one attached hydrogen (secondary N) is 2. The second-order valence-electron chi connectivity index (χ2n) is 5.26. The number of hydrogen-bond donors (Lipinski definition) is 2. The van der Waals surface area contributed by atoms with E-state index in [0.29, 0.717) is 22.8 Å². The van der Waals surface area contributed by atoms with Gasteiger partial charge < -0.3 is 10.3 Å². The van der Waals surface area contributed by atoms with Crippen LogP contribution in [0.4, 0.5) is 5.00 Å². The van der Waals surface area contributed by atoms with E-state index in [-0.39, 0.29) is 18.1 Å². The molecule has 2 aromatic heterocycles. The fraction of sp³-hybridized carbons (Fsp3) is 0.235. The van der Waals surface area contributed by atoms with Crippen LogP contribution in [-0.4, -0.2) is 21.7 Å². The molecule has 0 spiro atoms. The van der Waals surface area contributed by atoms with Gasteiger partial charge in [0.05, 0.1) is 23.0 Å². The molecule has 0 aliphatic heterocycles. The van der Waals surface area contributed by atoms with Gasteiger partial charge >= 0.3 is 0 Å². The molecule has 0 unspecified atom stereocenters. The zero-order valence-corrected chi connectivity index (χ0v) is 13.6. The third-order valence-corrected chi connectivity index (χ3v) is 4.29. The summed E-state index contributed by atoms with van der Waals surface area (Å²) in [6.07, 6.45) is 1.43. The minimum atomic E-state index is -0.183. The monoisotopic (exact) mass is 327 g/mol. The van der Waals surface area contributed by atoms with Crippen molar-refractivity contribution in [1.82, 2.24) is 9.97 Å². The number of Topliss-reactive ketones (excluding diaryl/α,β-unsaturated/α-hetero) is 1. The van der Waals surface area contributed by atoms with Crippen molar-refractivity contribution in [3.05, 3.63) is 47.1 Å². The van der Waals surface area contributed by atoms with Crippen LogP contribution in [-0.2, 0) is 11.2 Å². The minimum absolute atomic E-state index is 0.0628. The Hall–Kier alpha value is -2.47. The van der Waals surface area contributed by atoms with Crippen molar-refractivity contribution in [2.75, 3.05) is 5.32 Å². The second kappa shape index (κ2) is 6.75. The van der Waals surface area contributed by atoms with Crippen molar-refractivity contribution in [3.63, 3.8) is 0 Å².